The van der Waals surface area contributed by atoms with Crippen molar-refractivity contribution >= 4 is 16.6 Å². The molecule has 108 valence electrons. The lowest BCUT2D eigenvalue weighted by molar-refractivity contribution is 0.271. The van der Waals surface area contributed by atoms with E-state index in [0.717, 1.165) is 11.1 Å². The second kappa shape index (κ2) is 4.82. The molecule has 5 heteroatoms. The minimum atomic E-state index is -0.235. The Morgan fingerprint density at radius 3 is 2.55 bits per heavy atom. The maximum Gasteiger partial charge on any atom is 0.275 e. The molecule has 0 fully saturated rings. The Bertz CT molecular complexity index is 1030. The number of H-pyrrole nitrogens is 1. The van der Waals surface area contributed by atoms with E-state index in [0.29, 0.717) is 22.6 Å². The van der Waals surface area contributed by atoms with Crippen LogP contribution < -0.4 is 5.56 Å². The van der Waals surface area contributed by atoms with Crippen LogP contribution in [0.15, 0.2) is 59.4 Å². The van der Waals surface area contributed by atoms with Crippen LogP contribution in [0.25, 0.3) is 27.8 Å². The third-order valence-corrected chi connectivity index (χ3v) is 3.74. The summed E-state index contributed by atoms with van der Waals surface area (Å²) in [6.45, 7) is -0.235. The molecule has 2 heterocycles. The van der Waals surface area contributed by atoms with Crippen LogP contribution >= 0.6 is 0 Å². The van der Waals surface area contributed by atoms with E-state index < -0.39 is 0 Å². The maximum absolute atomic E-state index is 12.5. The smallest absolute Gasteiger partial charge is 0.275 e. The van der Waals surface area contributed by atoms with Crippen LogP contribution in [0.4, 0.5) is 0 Å². The zero-order chi connectivity index (χ0) is 15.1. The van der Waals surface area contributed by atoms with Gasteiger partial charge in [-0.25, -0.2) is 4.98 Å². The number of nitrogens with zero attached hydrogens (tertiary/aromatic N) is 2. The second-order valence-electron chi connectivity index (χ2n) is 5.06. The maximum atomic E-state index is 12.5. The predicted molar refractivity (Wildman–Crippen MR) is 84.7 cm³/mol. The van der Waals surface area contributed by atoms with E-state index in [1.54, 1.807) is 4.40 Å². The van der Waals surface area contributed by atoms with E-state index in [9.17, 15) is 9.90 Å². The van der Waals surface area contributed by atoms with Crippen LogP contribution in [-0.4, -0.2) is 19.5 Å². The Morgan fingerprint density at radius 2 is 1.77 bits per heavy atom. The van der Waals surface area contributed by atoms with Crippen LogP contribution in [0, 0.1) is 0 Å². The highest BCUT2D eigenvalue weighted by molar-refractivity contribution is 5.85. The number of imidazole rings is 1. The quantitative estimate of drug-likeness (QED) is 0.595. The Labute approximate surface area is 125 Å². The van der Waals surface area contributed by atoms with Gasteiger partial charge in [-0.3, -0.25) is 9.20 Å². The number of hydrogen-bond acceptors (Lipinski definition) is 3. The molecule has 2 aromatic carbocycles. The number of aromatic amines is 1. The molecule has 2 aromatic heterocycles. The van der Waals surface area contributed by atoms with Gasteiger partial charge in [0.05, 0.1) is 11.0 Å². The molecule has 0 aliphatic rings. The van der Waals surface area contributed by atoms with Crippen LogP contribution in [-0.2, 0) is 6.61 Å². The molecule has 0 radical (unpaired) electrons. The van der Waals surface area contributed by atoms with E-state index in [1.807, 2.05) is 54.6 Å². The topological polar surface area (TPSA) is 70.4 Å². The van der Waals surface area contributed by atoms with Crippen LogP contribution in [0.1, 0.15) is 5.82 Å². The highest BCUT2D eigenvalue weighted by Crippen LogP contribution is 2.25. The van der Waals surface area contributed by atoms with Gasteiger partial charge in [0.2, 0.25) is 0 Å². The zero-order valence-electron chi connectivity index (χ0n) is 11.7. The summed E-state index contributed by atoms with van der Waals surface area (Å²) in [5.74, 6) is 0.455. The third-order valence-electron chi connectivity index (χ3n) is 3.74. The van der Waals surface area contributed by atoms with E-state index in [1.165, 1.54) is 0 Å². The molecule has 4 rings (SSSR count). The molecule has 0 saturated carbocycles. The van der Waals surface area contributed by atoms with Gasteiger partial charge in [-0.15, -0.1) is 0 Å². The van der Waals surface area contributed by atoms with Crippen LogP contribution in [0.5, 0.6) is 0 Å². The average Bonchev–Trinajstić information content (AvgIpc) is 2.96. The standard InChI is InChI=1S/C17H13N3O2/c21-10-14-19-15(11-6-2-1-3-7-11)16-17(22)18-12-8-4-5-9-13(12)20(14)16/h1-9,21H,10H2,(H,18,22). The zero-order valence-corrected chi connectivity index (χ0v) is 11.7. The lowest BCUT2D eigenvalue weighted by Gasteiger charge is -2.04. The van der Waals surface area contributed by atoms with Gasteiger partial charge in [-0.2, -0.15) is 0 Å². The Hall–Kier alpha value is -2.92. The summed E-state index contributed by atoms with van der Waals surface area (Å²) in [6.07, 6.45) is 0. The molecule has 0 spiro atoms. The molecule has 2 N–H and O–H groups in total. The van der Waals surface area contributed by atoms with Crippen molar-refractivity contribution in [2.75, 3.05) is 0 Å². The van der Waals surface area contributed by atoms with Gasteiger partial charge in [0.15, 0.2) is 0 Å². The Balaban J connectivity index is 2.22. The van der Waals surface area contributed by atoms with Crippen molar-refractivity contribution in [2.24, 2.45) is 0 Å². The fourth-order valence-electron chi connectivity index (χ4n) is 2.79. The highest BCUT2D eigenvalue weighted by Gasteiger charge is 2.17. The number of nitrogens with one attached hydrogen (secondary N) is 1. The molecular weight excluding hydrogens is 278 g/mol. The summed E-state index contributed by atoms with van der Waals surface area (Å²) >= 11 is 0. The van der Waals surface area contributed by atoms with Gasteiger partial charge in [0, 0.05) is 5.56 Å². The summed E-state index contributed by atoms with van der Waals surface area (Å²) in [4.78, 5) is 19.9. The van der Waals surface area contributed by atoms with E-state index >= 15 is 0 Å². The fourth-order valence-corrected chi connectivity index (χ4v) is 2.79. The number of fused-ring (bicyclic) bond motifs is 3. The molecule has 0 saturated heterocycles. The van der Waals surface area contributed by atoms with E-state index in [4.69, 9.17) is 0 Å². The molecule has 4 aromatic rings. The number of aliphatic hydroxyl groups is 1. The van der Waals surface area contributed by atoms with Crippen molar-refractivity contribution < 1.29 is 5.11 Å². The summed E-state index contributed by atoms with van der Waals surface area (Å²) in [5.41, 5.74) is 3.19. The van der Waals surface area contributed by atoms with Crippen molar-refractivity contribution in [2.45, 2.75) is 6.61 Å². The predicted octanol–water partition coefficient (Wildman–Crippen LogP) is 2.34. The molecule has 0 unspecified atom stereocenters. The largest absolute Gasteiger partial charge is 0.388 e. The lowest BCUT2D eigenvalue weighted by Crippen LogP contribution is -2.11. The SMILES string of the molecule is O=c1[nH]c2ccccc2n2c(CO)nc(-c3ccccc3)c12. The summed E-state index contributed by atoms with van der Waals surface area (Å²) in [6, 6.07) is 17.0. The monoisotopic (exact) mass is 291 g/mol. The molecule has 0 aliphatic heterocycles. The van der Waals surface area contributed by atoms with Gasteiger partial charge >= 0.3 is 0 Å². The van der Waals surface area contributed by atoms with Crippen molar-refractivity contribution in [1.82, 2.24) is 14.4 Å². The van der Waals surface area contributed by atoms with Gasteiger partial charge in [0.25, 0.3) is 5.56 Å². The first-order valence-electron chi connectivity index (χ1n) is 6.98. The number of hydrogen-bond donors (Lipinski definition) is 2. The molecule has 0 amide bonds. The van der Waals surface area contributed by atoms with Crippen molar-refractivity contribution in [3.63, 3.8) is 0 Å². The molecule has 0 bridgehead atoms. The summed E-state index contributed by atoms with van der Waals surface area (Å²) in [7, 11) is 0. The number of rotatable bonds is 2. The molecule has 0 aliphatic carbocycles. The fraction of sp³-hybridized carbons (Fsp3) is 0.0588. The number of aromatic nitrogens is 3. The highest BCUT2D eigenvalue weighted by atomic mass is 16.3. The van der Waals surface area contributed by atoms with Gasteiger partial charge < -0.3 is 10.1 Å². The third kappa shape index (κ3) is 1.76. The molecule has 22 heavy (non-hydrogen) atoms. The molecule has 0 atom stereocenters. The first kappa shape index (κ1) is 12.8. The normalized spacial score (nSPS) is 11.3. The number of benzene rings is 2. The molecule has 5 nitrogen and oxygen atoms in total. The van der Waals surface area contributed by atoms with Crippen LogP contribution in [0.3, 0.4) is 0 Å². The average molecular weight is 291 g/mol. The summed E-state index contributed by atoms with van der Waals surface area (Å²) in [5, 5.41) is 9.65. The number of para-hydroxylation sites is 2. The van der Waals surface area contributed by atoms with Crippen molar-refractivity contribution in [3.8, 4) is 11.3 Å². The Morgan fingerprint density at radius 1 is 1.05 bits per heavy atom. The van der Waals surface area contributed by atoms with Gasteiger partial charge in [0.1, 0.15) is 23.6 Å². The first-order chi connectivity index (χ1) is 10.8. The van der Waals surface area contributed by atoms with Crippen LogP contribution in [0.2, 0.25) is 0 Å². The van der Waals surface area contributed by atoms with Gasteiger partial charge in [-0.05, 0) is 12.1 Å². The molecular formula is C17H13N3O2. The van der Waals surface area contributed by atoms with E-state index in [2.05, 4.69) is 9.97 Å². The van der Waals surface area contributed by atoms with Crippen molar-refractivity contribution in [3.05, 3.63) is 70.8 Å². The van der Waals surface area contributed by atoms with Crippen molar-refractivity contribution in [1.29, 1.82) is 0 Å². The minimum absolute atomic E-state index is 0.218. The van der Waals surface area contributed by atoms with Gasteiger partial charge in [-0.1, -0.05) is 42.5 Å². The summed E-state index contributed by atoms with van der Waals surface area (Å²) < 4.78 is 1.73. The number of aliphatic hydroxyl groups excluding tert-OH is 1. The lowest BCUT2D eigenvalue weighted by atomic mass is 10.1. The Kier molecular flexibility index (Phi) is 2.80. The minimum Gasteiger partial charge on any atom is -0.388 e. The first-order valence-corrected chi connectivity index (χ1v) is 6.98. The van der Waals surface area contributed by atoms with E-state index in [-0.39, 0.29) is 12.2 Å². The second-order valence-corrected chi connectivity index (χ2v) is 5.06.